The highest BCUT2D eigenvalue weighted by molar-refractivity contribution is 6.66. The van der Waals surface area contributed by atoms with E-state index in [-0.39, 0.29) is 0 Å². The molecule has 0 saturated heterocycles. The van der Waals surface area contributed by atoms with Crippen LogP contribution in [-0.4, -0.2) is 19.5 Å². The van der Waals surface area contributed by atoms with Crippen molar-refractivity contribution in [3.63, 3.8) is 0 Å². The molecule has 64 valence electrons. The van der Waals surface area contributed by atoms with Gasteiger partial charge in [-0.2, -0.15) is 0 Å². The van der Waals surface area contributed by atoms with Crippen LogP contribution in [0.1, 0.15) is 27.7 Å². The van der Waals surface area contributed by atoms with Gasteiger partial charge in [0.05, 0.1) is 0 Å². The molecule has 0 spiro atoms. The van der Waals surface area contributed by atoms with Gasteiger partial charge in [0.2, 0.25) is 9.04 Å². The molecule has 0 aliphatic heterocycles. The van der Waals surface area contributed by atoms with Gasteiger partial charge in [-0.1, -0.05) is 22.5 Å². The number of hydrogen-bond donors (Lipinski definition) is 0. The molecular formula is C8H18OSi2. The lowest BCUT2D eigenvalue weighted by Crippen LogP contribution is -2.11. The van der Waals surface area contributed by atoms with Gasteiger partial charge in [-0.05, 0) is 27.7 Å². The molecule has 0 saturated carbocycles. The van der Waals surface area contributed by atoms with Gasteiger partial charge >= 0.3 is 0 Å². The maximum atomic E-state index is 5.50. The summed E-state index contributed by atoms with van der Waals surface area (Å²) in [6.07, 6.45) is 0. The van der Waals surface area contributed by atoms with Crippen molar-refractivity contribution in [1.82, 2.24) is 0 Å². The van der Waals surface area contributed by atoms with Gasteiger partial charge in [-0.25, -0.2) is 0 Å². The number of allylic oxidation sites excluding steroid dienone is 2. The SMILES string of the molecule is CC(C)=C[SiH](C=C(C)C)O[SiH3]. The summed E-state index contributed by atoms with van der Waals surface area (Å²) in [6, 6.07) is 0. The second kappa shape index (κ2) is 5.51. The molecule has 0 aromatic carbocycles. The average molecular weight is 186 g/mol. The Morgan fingerprint density at radius 3 is 1.64 bits per heavy atom. The van der Waals surface area contributed by atoms with Crippen LogP contribution in [0.2, 0.25) is 0 Å². The van der Waals surface area contributed by atoms with E-state index in [0.717, 1.165) is 10.5 Å². The first-order valence-corrected chi connectivity index (χ1v) is 6.51. The first kappa shape index (κ1) is 10.9. The Labute approximate surface area is 74.4 Å². The molecule has 0 aromatic heterocycles. The average Bonchev–Trinajstić information content (AvgIpc) is 1.84. The van der Waals surface area contributed by atoms with Crippen LogP contribution < -0.4 is 0 Å². The summed E-state index contributed by atoms with van der Waals surface area (Å²) in [6.45, 7) is 8.50. The zero-order chi connectivity index (χ0) is 8.85. The van der Waals surface area contributed by atoms with Crippen molar-refractivity contribution in [3.8, 4) is 0 Å². The molecule has 11 heavy (non-hydrogen) atoms. The largest absolute Gasteiger partial charge is 0.460 e. The van der Waals surface area contributed by atoms with Gasteiger partial charge in [0.1, 0.15) is 10.5 Å². The Hall–Kier alpha value is -0.126. The van der Waals surface area contributed by atoms with Crippen molar-refractivity contribution in [2.75, 3.05) is 0 Å². The summed E-state index contributed by atoms with van der Waals surface area (Å²) in [7, 11) is -0.235. The third-order valence-electron chi connectivity index (χ3n) is 1.27. The van der Waals surface area contributed by atoms with E-state index in [1.165, 1.54) is 11.1 Å². The second-order valence-corrected chi connectivity index (χ2v) is 6.67. The molecule has 3 heteroatoms. The van der Waals surface area contributed by atoms with Gasteiger partial charge < -0.3 is 4.12 Å². The molecule has 0 radical (unpaired) electrons. The third kappa shape index (κ3) is 6.28. The predicted molar refractivity (Wildman–Crippen MR) is 57.0 cm³/mol. The molecule has 0 aromatic rings. The van der Waals surface area contributed by atoms with Crippen molar-refractivity contribution in [3.05, 3.63) is 22.5 Å². The number of hydrogen-bond acceptors (Lipinski definition) is 1. The summed E-state index contributed by atoms with van der Waals surface area (Å²) in [4.78, 5) is 0. The van der Waals surface area contributed by atoms with Gasteiger partial charge in [-0.15, -0.1) is 0 Å². The third-order valence-corrected chi connectivity index (χ3v) is 5.44. The van der Waals surface area contributed by atoms with E-state index in [0.29, 0.717) is 0 Å². The molecule has 0 bridgehead atoms. The molecule has 0 aliphatic rings. The fraction of sp³-hybridized carbons (Fsp3) is 0.500. The lowest BCUT2D eigenvalue weighted by atomic mass is 10.4. The second-order valence-electron chi connectivity index (χ2n) is 3.19. The molecule has 0 fully saturated rings. The molecule has 0 heterocycles. The molecule has 0 atom stereocenters. The van der Waals surface area contributed by atoms with Gasteiger partial charge in [0.15, 0.2) is 0 Å². The minimum absolute atomic E-state index is 0.856. The van der Waals surface area contributed by atoms with E-state index in [1.807, 2.05) is 0 Å². The minimum atomic E-state index is -1.09. The standard InChI is InChI=1S/C8H18OSi2/c1-7(2)5-11(9-10)6-8(3)4/h5-6,11H,1-4,10H3. The Balaban J connectivity index is 4.19. The molecule has 0 amide bonds. The maximum absolute atomic E-state index is 5.50. The Morgan fingerprint density at radius 2 is 1.45 bits per heavy atom. The summed E-state index contributed by atoms with van der Waals surface area (Å²) in [5.74, 6) is 0. The summed E-state index contributed by atoms with van der Waals surface area (Å²) >= 11 is 0. The van der Waals surface area contributed by atoms with Crippen LogP contribution in [0.25, 0.3) is 0 Å². The summed E-state index contributed by atoms with van der Waals surface area (Å²) in [5, 5.41) is 0. The van der Waals surface area contributed by atoms with E-state index in [9.17, 15) is 0 Å². The Kier molecular flexibility index (Phi) is 5.45. The quantitative estimate of drug-likeness (QED) is 0.598. The van der Waals surface area contributed by atoms with Crippen LogP contribution in [0, 0.1) is 0 Å². The van der Waals surface area contributed by atoms with Crippen molar-refractivity contribution < 1.29 is 4.12 Å². The zero-order valence-corrected chi connectivity index (χ0v) is 11.3. The molecule has 0 unspecified atom stereocenters. The van der Waals surface area contributed by atoms with Crippen LogP contribution in [0.15, 0.2) is 22.5 Å². The van der Waals surface area contributed by atoms with E-state index >= 15 is 0 Å². The fourth-order valence-electron chi connectivity index (χ4n) is 0.841. The smallest absolute Gasteiger partial charge is 0.213 e. The maximum Gasteiger partial charge on any atom is 0.213 e. The highest BCUT2D eigenvalue weighted by atomic mass is 28.3. The molecular weight excluding hydrogens is 168 g/mol. The van der Waals surface area contributed by atoms with E-state index < -0.39 is 9.04 Å². The van der Waals surface area contributed by atoms with Crippen molar-refractivity contribution in [1.29, 1.82) is 0 Å². The fourth-order valence-corrected chi connectivity index (χ4v) is 3.34. The molecule has 0 aliphatic carbocycles. The van der Waals surface area contributed by atoms with E-state index in [2.05, 4.69) is 39.1 Å². The molecule has 0 rings (SSSR count). The van der Waals surface area contributed by atoms with Crippen LogP contribution in [0.3, 0.4) is 0 Å². The monoisotopic (exact) mass is 186 g/mol. The summed E-state index contributed by atoms with van der Waals surface area (Å²) < 4.78 is 5.50. The van der Waals surface area contributed by atoms with Crippen LogP contribution in [0.5, 0.6) is 0 Å². The molecule has 1 nitrogen and oxygen atoms in total. The summed E-state index contributed by atoms with van der Waals surface area (Å²) in [5.41, 5.74) is 7.30. The minimum Gasteiger partial charge on any atom is -0.460 e. The zero-order valence-electron chi connectivity index (χ0n) is 8.14. The lowest BCUT2D eigenvalue weighted by molar-refractivity contribution is 0.658. The highest BCUT2D eigenvalue weighted by Gasteiger charge is 1.99. The predicted octanol–water partition coefficient (Wildman–Crippen LogP) is 1.02. The van der Waals surface area contributed by atoms with Crippen molar-refractivity contribution >= 4 is 19.5 Å². The van der Waals surface area contributed by atoms with Gasteiger partial charge in [-0.3, -0.25) is 0 Å². The van der Waals surface area contributed by atoms with Gasteiger partial charge in [0, 0.05) is 0 Å². The lowest BCUT2D eigenvalue weighted by Gasteiger charge is -2.05. The van der Waals surface area contributed by atoms with Gasteiger partial charge in [0.25, 0.3) is 0 Å². The normalized spacial score (nSPS) is 9.91. The van der Waals surface area contributed by atoms with E-state index in [1.54, 1.807) is 0 Å². The Bertz CT molecular complexity index is 147. The van der Waals surface area contributed by atoms with Crippen LogP contribution >= 0.6 is 0 Å². The topological polar surface area (TPSA) is 9.23 Å². The highest BCUT2D eigenvalue weighted by Crippen LogP contribution is 1.99. The van der Waals surface area contributed by atoms with E-state index in [4.69, 9.17) is 4.12 Å². The Morgan fingerprint density at radius 1 is 1.09 bits per heavy atom. The van der Waals surface area contributed by atoms with Crippen LogP contribution in [-0.2, 0) is 4.12 Å². The first-order chi connectivity index (χ1) is 5.06. The van der Waals surface area contributed by atoms with Crippen molar-refractivity contribution in [2.24, 2.45) is 0 Å². The molecule has 0 N–H and O–H groups in total. The first-order valence-electron chi connectivity index (χ1n) is 3.89. The number of rotatable bonds is 3. The van der Waals surface area contributed by atoms with Crippen molar-refractivity contribution in [2.45, 2.75) is 27.7 Å². The van der Waals surface area contributed by atoms with Crippen LogP contribution in [0.4, 0.5) is 0 Å².